The largest absolute Gasteiger partial charge is 0.335 e. The van der Waals surface area contributed by atoms with Crippen LogP contribution in [-0.2, 0) is 13.6 Å². The Balaban J connectivity index is 4.68. The van der Waals surface area contributed by atoms with Gasteiger partial charge in [0.15, 0.2) is 0 Å². The molecule has 0 aromatic rings. The molecule has 3 nitrogen and oxygen atoms in total. The van der Waals surface area contributed by atoms with Crippen molar-refractivity contribution in [3.05, 3.63) is 0 Å². The molecule has 0 N–H and O–H groups in total. The molecule has 0 aliphatic heterocycles. The van der Waals surface area contributed by atoms with E-state index in [4.69, 9.17) is 43.9 Å². The van der Waals surface area contributed by atoms with E-state index in [0.29, 0.717) is 0 Å². The van der Waals surface area contributed by atoms with Gasteiger partial charge in [-0.1, -0.05) is 0 Å². The number of rotatable bonds is 8. The van der Waals surface area contributed by atoms with Crippen LogP contribution in [0.1, 0.15) is 20.8 Å². The molecule has 98 valence electrons. The van der Waals surface area contributed by atoms with Crippen LogP contribution >= 0.6 is 42.4 Å². The molecule has 0 fully saturated rings. The van der Waals surface area contributed by atoms with Gasteiger partial charge >= 0.3 is 7.60 Å². The van der Waals surface area contributed by atoms with E-state index in [1.807, 2.05) is 0 Å². The van der Waals surface area contributed by atoms with Crippen molar-refractivity contribution >= 4 is 42.4 Å². The summed E-state index contributed by atoms with van der Waals surface area (Å²) in [6.45, 7) is 5.18. The van der Waals surface area contributed by atoms with Gasteiger partial charge < -0.3 is 9.05 Å². The lowest BCUT2D eigenvalue weighted by Gasteiger charge is -2.27. The summed E-state index contributed by atoms with van der Waals surface area (Å²) in [5.74, 6) is 0.691. The summed E-state index contributed by atoms with van der Waals surface area (Å²) in [6.07, 6.45) is -0.693. The second kappa shape index (κ2) is 8.18. The standard InChI is InChI=1S/C9H18Cl3O3P/c1-7(4-10)14-16(13,9(3)6-12)15-8(2)5-11/h7-9H,4-6H2,1-3H3/t7-,8-,9-/m0/s1. The average Bonchev–Trinajstić information content (AvgIpc) is 2.27. The van der Waals surface area contributed by atoms with Crippen LogP contribution in [0.4, 0.5) is 0 Å². The summed E-state index contributed by atoms with van der Waals surface area (Å²) in [7, 11) is -3.26. The molecule has 16 heavy (non-hydrogen) atoms. The van der Waals surface area contributed by atoms with Gasteiger partial charge in [0.25, 0.3) is 0 Å². The summed E-state index contributed by atoms with van der Waals surface area (Å²) in [5.41, 5.74) is -0.384. The Morgan fingerprint density at radius 2 is 1.31 bits per heavy atom. The van der Waals surface area contributed by atoms with Crippen LogP contribution in [0.5, 0.6) is 0 Å². The molecule has 0 aromatic heterocycles. The molecular formula is C9H18Cl3O3P. The third-order valence-corrected chi connectivity index (χ3v) is 5.97. The monoisotopic (exact) mass is 310 g/mol. The summed E-state index contributed by atoms with van der Waals surface area (Å²) in [4.78, 5) is 0. The van der Waals surface area contributed by atoms with Crippen molar-refractivity contribution in [3.63, 3.8) is 0 Å². The van der Waals surface area contributed by atoms with Crippen LogP contribution in [-0.4, -0.2) is 35.5 Å². The van der Waals surface area contributed by atoms with Crippen molar-refractivity contribution < 1.29 is 13.6 Å². The molecule has 0 spiro atoms. The fourth-order valence-electron chi connectivity index (χ4n) is 0.875. The molecule has 0 unspecified atom stereocenters. The van der Waals surface area contributed by atoms with E-state index in [2.05, 4.69) is 0 Å². The molecule has 0 aliphatic rings. The highest BCUT2D eigenvalue weighted by atomic mass is 35.5. The smallest absolute Gasteiger partial charge is 0.304 e. The topological polar surface area (TPSA) is 35.5 Å². The Hall–Kier alpha value is 1.02. The highest BCUT2D eigenvalue weighted by molar-refractivity contribution is 7.54. The predicted octanol–water partition coefficient (Wildman–Crippen LogP) is 4.09. The summed E-state index contributed by atoms with van der Waals surface area (Å²) in [5, 5.41) is 0. The zero-order valence-electron chi connectivity index (χ0n) is 9.66. The Bertz CT molecular complexity index is 224. The van der Waals surface area contributed by atoms with E-state index >= 15 is 0 Å². The molecule has 0 rings (SSSR count). The van der Waals surface area contributed by atoms with Gasteiger partial charge in [0.1, 0.15) is 0 Å². The van der Waals surface area contributed by atoms with Gasteiger partial charge in [0.05, 0.1) is 17.9 Å². The van der Waals surface area contributed by atoms with E-state index in [-0.39, 0.29) is 35.5 Å². The van der Waals surface area contributed by atoms with E-state index in [1.165, 1.54) is 0 Å². The second-order valence-corrected chi connectivity index (χ2v) is 6.99. The minimum atomic E-state index is -3.26. The van der Waals surface area contributed by atoms with Crippen molar-refractivity contribution in [1.82, 2.24) is 0 Å². The van der Waals surface area contributed by atoms with Gasteiger partial charge in [-0.25, -0.2) is 0 Å². The van der Waals surface area contributed by atoms with Gasteiger partial charge in [0, 0.05) is 17.6 Å². The van der Waals surface area contributed by atoms with Gasteiger partial charge in [-0.15, -0.1) is 34.8 Å². The zero-order chi connectivity index (χ0) is 12.8. The van der Waals surface area contributed by atoms with E-state index in [9.17, 15) is 4.57 Å². The van der Waals surface area contributed by atoms with Crippen LogP contribution in [0.2, 0.25) is 0 Å². The number of hydrogen-bond donors (Lipinski definition) is 0. The first-order valence-electron chi connectivity index (χ1n) is 5.04. The molecule has 3 atom stereocenters. The lowest BCUT2D eigenvalue weighted by molar-refractivity contribution is 0.141. The van der Waals surface area contributed by atoms with Crippen molar-refractivity contribution in [2.75, 3.05) is 17.6 Å². The summed E-state index contributed by atoms with van der Waals surface area (Å²) in [6, 6.07) is 0. The minimum absolute atomic E-state index is 0.196. The fourth-order valence-corrected chi connectivity index (χ4v) is 3.47. The fraction of sp³-hybridized carbons (Fsp3) is 1.00. The molecule has 0 heterocycles. The van der Waals surface area contributed by atoms with Crippen molar-refractivity contribution in [2.24, 2.45) is 0 Å². The van der Waals surface area contributed by atoms with Crippen LogP contribution in [0.15, 0.2) is 0 Å². The Morgan fingerprint density at radius 1 is 0.938 bits per heavy atom. The lowest BCUT2D eigenvalue weighted by atomic mass is 10.5. The molecule has 0 aliphatic carbocycles. The molecular weight excluding hydrogens is 293 g/mol. The number of halogens is 3. The Labute approximate surface area is 112 Å². The van der Waals surface area contributed by atoms with E-state index in [1.54, 1.807) is 20.8 Å². The van der Waals surface area contributed by atoms with Crippen LogP contribution in [0.25, 0.3) is 0 Å². The maximum Gasteiger partial charge on any atom is 0.335 e. The predicted molar refractivity (Wildman–Crippen MR) is 70.3 cm³/mol. The van der Waals surface area contributed by atoms with E-state index < -0.39 is 7.60 Å². The van der Waals surface area contributed by atoms with E-state index in [0.717, 1.165) is 0 Å². The maximum absolute atomic E-state index is 12.4. The van der Waals surface area contributed by atoms with Gasteiger partial charge in [-0.3, -0.25) is 4.57 Å². The van der Waals surface area contributed by atoms with Crippen LogP contribution in [0, 0.1) is 0 Å². The Morgan fingerprint density at radius 3 is 1.56 bits per heavy atom. The third-order valence-electron chi connectivity index (χ3n) is 1.85. The highest BCUT2D eigenvalue weighted by Crippen LogP contribution is 2.55. The number of alkyl halides is 3. The van der Waals surface area contributed by atoms with Gasteiger partial charge in [0.2, 0.25) is 0 Å². The normalized spacial score (nSPS) is 18.1. The minimum Gasteiger partial charge on any atom is -0.304 e. The van der Waals surface area contributed by atoms with Crippen molar-refractivity contribution in [1.29, 1.82) is 0 Å². The summed E-state index contributed by atoms with van der Waals surface area (Å²) >= 11 is 16.9. The maximum atomic E-state index is 12.4. The molecule has 0 saturated carbocycles. The molecule has 7 heteroatoms. The average molecular weight is 312 g/mol. The van der Waals surface area contributed by atoms with Crippen LogP contribution < -0.4 is 0 Å². The van der Waals surface area contributed by atoms with Gasteiger partial charge in [-0.05, 0) is 20.8 Å². The molecule has 0 radical (unpaired) electrons. The molecule has 0 bridgehead atoms. The Kier molecular flexibility index (Phi) is 8.70. The molecule has 0 amide bonds. The molecule has 0 saturated heterocycles. The second-order valence-electron chi connectivity index (χ2n) is 3.68. The van der Waals surface area contributed by atoms with Gasteiger partial charge in [-0.2, -0.15) is 0 Å². The summed E-state index contributed by atoms with van der Waals surface area (Å²) < 4.78 is 23.2. The first kappa shape index (κ1) is 17.0. The first-order valence-corrected chi connectivity index (χ1v) is 8.25. The number of hydrogen-bond acceptors (Lipinski definition) is 3. The lowest BCUT2D eigenvalue weighted by Crippen LogP contribution is -2.21. The quantitative estimate of drug-likeness (QED) is 0.500. The molecule has 0 aromatic carbocycles. The third kappa shape index (κ3) is 5.57. The zero-order valence-corrected chi connectivity index (χ0v) is 12.8. The first-order chi connectivity index (χ1) is 7.39. The van der Waals surface area contributed by atoms with Crippen LogP contribution in [0.3, 0.4) is 0 Å². The van der Waals surface area contributed by atoms with Crippen molar-refractivity contribution in [3.8, 4) is 0 Å². The highest BCUT2D eigenvalue weighted by Gasteiger charge is 2.35. The van der Waals surface area contributed by atoms with Crippen molar-refractivity contribution in [2.45, 2.75) is 38.6 Å². The SMILES string of the molecule is C[C@@H](CCl)OP(=O)(O[C@@H](C)CCl)[C@@H](C)CCl.